The van der Waals surface area contributed by atoms with Gasteiger partial charge >= 0.3 is 17.9 Å². The molecule has 0 radical (unpaired) electrons. The number of hydrogen-bond donors (Lipinski definition) is 0. The molecule has 0 aliphatic carbocycles. The Hall–Kier alpha value is -1.59. The molecule has 0 N–H and O–H groups in total. The van der Waals surface area contributed by atoms with Gasteiger partial charge in [-0.2, -0.15) is 0 Å². The van der Waals surface area contributed by atoms with Crippen molar-refractivity contribution in [2.75, 3.05) is 13.2 Å². The maximum Gasteiger partial charge on any atom is 0.306 e. The maximum absolute atomic E-state index is 12.7. The maximum atomic E-state index is 12.7. The number of carbonyl (C=O) groups excluding carboxylic acids is 3. The first-order chi connectivity index (χ1) is 25.4. The summed E-state index contributed by atoms with van der Waals surface area (Å²) >= 11 is 0. The normalized spacial score (nSPS) is 11.9. The highest BCUT2D eigenvalue weighted by molar-refractivity contribution is 5.71. The largest absolute Gasteiger partial charge is 0.462 e. The summed E-state index contributed by atoms with van der Waals surface area (Å²) in [5.41, 5.74) is 0. The summed E-state index contributed by atoms with van der Waals surface area (Å²) in [6, 6.07) is 0. The van der Waals surface area contributed by atoms with Crippen LogP contribution >= 0.6 is 0 Å². The lowest BCUT2D eigenvalue weighted by atomic mass is 10.0. The lowest BCUT2D eigenvalue weighted by Crippen LogP contribution is -2.30. The first-order valence-electron chi connectivity index (χ1n) is 22.9. The van der Waals surface area contributed by atoms with Crippen LogP contribution in [-0.4, -0.2) is 37.2 Å². The Morgan fingerprint density at radius 2 is 0.635 bits per heavy atom. The molecule has 1 atom stereocenters. The van der Waals surface area contributed by atoms with Crippen molar-refractivity contribution in [1.29, 1.82) is 0 Å². The molecule has 0 aromatic heterocycles. The van der Waals surface area contributed by atoms with E-state index in [-0.39, 0.29) is 31.1 Å². The smallest absolute Gasteiger partial charge is 0.306 e. The van der Waals surface area contributed by atoms with Gasteiger partial charge in [0.25, 0.3) is 0 Å². The number of esters is 3. The van der Waals surface area contributed by atoms with Gasteiger partial charge in [-0.15, -0.1) is 0 Å². The molecule has 0 aromatic carbocycles. The van der Waals surface area contributed by atoms with Crippen LogP contribution in [0.5, 0.6) is 0 Å². The Labute approximate surface area is 323 Å². The van der Waals surface area contributed by atoms with Gasteiger partial charge in [0.1, 0.15) is 13.2 Å². The molecule has 0 aliphatic heterocycles. The van der Waals surface area contributed by atoms with E-state index < -0.39 is 6.10 Å². The summed E-state index contributed by atoms with van der Waals surface area (Å²) in [7, 11) is 0. The fourth-order valence-corrected chi connectivity index (χ4v) is 6.80. The average molecular weight is 737 g/mol. The van der Waals surface area contributed by atoms with Gasteiger partial charge in [-0.25, -0.2) is 0 Å². The number of hydrogen-bond acceptors (Lipinski definition) is 6. The van der Waals surface area contributed by atoms with Crippen molar-refractivity contribution in [1.82, 2.24) is 0 Å². The van der Waals surface area contributed by atoms with Crippen LogP contribution < -0.4 is 0 Å². The Kier molecular flexibility index (Phi) is 39.4. The quantitative estimate of drug-likeness (QED) is 0.0353. The van der Waals surface area contributed by atoms with Crippen molar-refractivity contribution in [3.05, 3.63) is 0 Å². The molecule has 0 saturated carbocycles. The lowest BCUT2D eigenvalue weighted by molar-refractivity contribution is -0.167. The molecule has 6 heteroatoms. The molecule has 0 amide bonds. The number of rotatable bonds is 41. The van der Waals surface area contributed by atoms with Gasteiger partial charge in [-0.3, -0.25) is 14.4 Å². The molecule has 0 bridgehead atoms. The molecule has 6 nitrogen and oxygen atoms in total. The van der Waals surface area contributed by atoms with Crippen LogP contribution in [-0.2, 0) is 28.6 Å². The minimum absolute atomic E-state index is 0.0644. The topological polar surface area (TPSA) is 78.9 Å². The van der Waals surface area contributed by atoms with Crippen LogP contribution in [0.15, 0.2) is 0 Å². The predicted octanol–water partition coefficient (Wildman–Crippen LogP) is 14.3. The zero-order valence-electron chi connectivity index (χ0n) is 35.3. The highest BCUT2D eigenvalue weighted by Gasteiger charge is 2.19. The highest BCUT2D eigenvalue weighted by Crippen LogP contribution is 2.16. The van der Waals surface area contributed by atoms with Crippen molar-refractivity contribution >= 4 is 17.9 Å². The Bertz CT molecular complexity index is 781. The van der Waals surface area contributed by atoms with E-state index >= 15 is 0 Å². The second-order valence-electron chi connectivity index (χ2n) is 16.2. The summed E-state index contributed by atoms with van der Waals surface area (Å²) in [5.74, 6) is -0.0798. The van der Waals surface area contributed by atoms with Crippen LogP contribution in [0, 0.1) is 5.92 Å². The second kappa shape index (κ2) is 40.6. The molecule has 0 rings (SSSR count). The molecule has 52 heavy (non-hydrogen) atoms. The Balaban J connectivity index is 4.30. The van der Waals surface area contributed by atoms with Crippen molar-refractivity contribution in [2.45, 2.75) is 259 Å². The minimum Gasteiger partial charge on any atom is -0.462 e. The lowest BCUT2D eigenvalue weighted by Gasteiger charge is -2.18. The average Bonchev–Trinajstić information content (AvgIpc) is 3.12. The van der Waals surface area contributed by atoms with Gasteiger partial charge in [0, 0.05) is 19.3 Å². The van der Waals surface area contributed by atoms with E-state index in [4.69, 9.17) is 14.2 Å². The molecule has 0 spiro atoms. The summed E-state index contributed by atoms with van der Waals surface area (Å²) in [5, 5.41) is 0. The van der Waals surface area contributed by atoms with E-state index in [0.717, 1.165) is 63.7 Å². The third-order valence-corrected chi connectivity index (χ3v) is 10.3. The van der Waals surface area contributed by atoms with Crippen LogP contribution in [0.2, 0.25) is 0 Å². The molecule has 0 aromatic rings. The third kappa shape index (κ3) is 39.6. The van der Waals surface area contributed by atoms with Crippen molar-refractivity contribution in [2.24, 2.45) is 5.92 Å². The van der Waals surface area contributed by atoms with Crippen molar-refractivity contribution in [3.63, 3.8) is 0 Å². The van der Waals surface area contributed by atoms with Crippen LogP contribution in [0.25, 0.3) is 0 Å². The third-order valence-electron chi connectivity index (χ3n) is 10.3. The zero-order valence-corrected chi connectivity index (χ0v) is 35.3. The Morgan fingerprint density at radius 3 is 0.942 bits per heavy atom. The summed E-state index contributed by atoms with van der Waals surface area (Å²) in [6.07, 6.45) is 39.5. The van der Waals surface area contributed by atoms with E-state index in [1.807, 2.05) is 0 Å². The molecular weight excluding hydrogens is 648 g/mol. The first kappa shape index (κ1) is 50.4. The van der Waals surface area contributed by atoms with Crippen LogP contribution in [0.4, 0.5) is 0 Å². The standard InChI is InChI=1S/C46H88O6/c1-5-7-9-11-13-15-17-18-19-20-22-26-30-34-38-45(48)51-41-43(52-46(49)39-35-31-27-23-24-28-32-36-42(3)4)40-50-44(47)37-33-29-25-21-16-14-12-10-8-6-2/h42-43H,5-41H2,1-4H3/t43-/m0/s1. The first-order valence-corrected chi connectivity index (χ1v) is 22.9. The second-order valence-corrected chi connectivity index (χ2v) is 16.2. The molecule has 0 aliphatic rings. The van der Waals surface area contributed by atoms with Crippen LogP contribution in [0.3, 0.4) is 0 Å². The molecule has 308 valence electrons. The predicted molar refractivity (Wildman–Crippen MR) is 220 cm³/mol. The fraction of sp³-hybridized carbons (Fsp3) is 0.935. The van der Waals surface area contributed by atoms with Gasteiger partial charge in [-0.05, 0) is 25.2 Å². The number of ether oxygens (including phenoxy) is 3. The SMILES string of the molecule is CCCCCCCCCCCCCCCCC(=O)OC[C@H](COC(=O)CCCCCCCCCCCC)OC(=O)CCCCCCCCCC(C)C. The monoisotopic (exact) mass is 737 g/mol. The molecule has 0 saturated heterocycles. The minimum atomic E-state index is -0.759. The van der Waals surface area contributed by atoms with E-state index in [9.17, 15) is 14.4 Å². The molecule has 0 fully saturated rings. The van der Waals surface area contributed by atoms with E-state index in [0.29, 0.717) is 19.3 Å². The van der Waals surface area contributed by atoms with Crippen molar-refractivity contribution < 1.29 is 28.6 Å². The Morgan fingerprint density at radius 1 is 0.365 bits per heavy atom. The van der Waals surface area contributed by atoms with E-state index in [1.165, 1.54) is 148 Å². The van der Waals surface area contributed by atoms with Crippen LogP contribution in [0.1, 0.15) is 252 Å². The molecular formula is C46H88O6. The van der Waals surface area contributed by atoms with Gasteiger partial charge in [0.2, 0.25) is 0 Å². The summed E-state index contributed by atoms with van der Waals surface area (Å²) < 4.78 is 16.7. The molecule has 0 heterocycles. The molecule has 0 unspecified atom stereocenters. The van der Waals surface area contributed by atoms with Gasteiger partial charge in [0.15, 0.2) is 6.10 Å². The number of carbonyl (C=O) groups is 3. The van der Waals surface area contributed by atoms with Gasteiger partial charge < -0.3 is 14.2 Å². The fourth-order valence-electron chi connectivity index (χ4n) is 6.80. The number of unbranched alkanes of at least 4 members (excludes halogenated alkanes) is 28. The summed E-state index contributed by atoms with van der Waals surface area (Å²) in [6.45, 7) is 8.94. The van der Waals surface area contributed by atoms with Gasteiger partial charge in [0.05, 0.1) is 0 Å². The zero-order chi connectivity index (χ0) is 38.2. The van der Waals surface area contributed by atoms with E-state index in [1.54, 1.807) is 0 Å². The van der Waals surface area contributed by atoms with Crippen molar-refractivity contribution in [3.8, 4) is 0 Å². The highest BCUT2D eigenvalue weighted by atomic mass is 16.6. The summed E-state index contributed by atoms with van der Waals surface area (Å²) in [4.78, 5) is 37.6. The van der Waals surface area contributed by atoms with E-state index in [2.05, 4.69) is 27.7 Å². The van der Waals surface area contributed by atoms with Gasteiger partial charge in [-0.1, -0.05) is 214 Å².